The summed E-state index contributed by atoms with van der Waals surface area (Å²) >= 11 is 1.67. The molecule has 2 aromatic rings. The van der Waals surface area contributed by atoms with Gasteiger partial charge in [0.15, 0.2) is 6.04 Å². The van der Waals surface area contributed by atoms with E-state index in [0.29, 0.717) is 17.0 Å². The molecule has 6 heteroatoms. The summed E-state index contributed by atoms with van der Waals surface area (Å²) in [6.07, 6.45) is 5.34. The van der Waals surface area contributed by atoms with Gasteiger partial charge in [-0.1, -0.05) is 35.5 Å². The van der Waals surface area contributed by atoms with E-state index >= 15 is 0 Å². The topological polar surface area (TPSA) is 77.0 Å². The Bertz CT molecular complexity index is 833. The number of hydrogen-bond acceptors (Lipinski definition) is 6. The maximum absolute atomic E-state index is 11.4. The van der Waals surface area contributed by atoms with Crippen molar-refractivity contribution in [3.63, 3.8) is 0 Å². The Hall–Kier alpha value is -2.44. The van der Waals surface area contributed by atoms with E-state index in [0.717, 1.165) is 5.56 Å². The van der Waals surface area contributed by atoms with Crippen LogP contribution in [0.1, 0.15) is 11.1 Å². The van der Waals surface area contributed by atoms with Crippen LogP contribution in [0.4, 0.5) is 0 Å². The van der Waals surface area contributed by atoms with Gasteiger partial charge in [-0.3, -0.25) is 4.99 Å². The van der Waals surface area contributed by atoms with Crippen LogP contribution in [-0.4, -0.2) is 25.6 Å². The standard InChI is InChI=1S/C19H19N3O2S/c1-24-17-6-4-3-5-15(17)19(20)11-16(21-12-18(19)22-23)13-7-9-14(25-2)10-8-13/h3-12,18H,20H2,1-2H3. The smallest absolute Gasteiger partial charge is 0.153 e. The van der Waals surface area contributed by atoms with Crippen molar-refractivity contribution in [3.05, 3.63) is 70.6 Å². The van der Waals surface area contributed by atoms with E-state index in [2.05, 4.69) is 10.2 Å². The minimum absolute atomic E-state index is 0.613. The molecule has 0 saturated heterocycles. The van der Waals surface area contributed by atoms with Gasteiger partial charge in [-0.05, 0) is 36.1 Å². The van der Waals surface area contributed by atoms with E-state index in [4.69, 9.17) is 10.5 Å². The molecular weight excluding hydrogens is 334 g/mol. The Morgan fingerprint density at radius 3 is 2.56 bits per heavy atom. The summed E-state index contributed by atoms with van der Waals surface area (Å²) in [5.74, 6) is 0.613. The van der Waals surface area contributed by atoms with Crippen LogP contribution in [0.3, 0.4) is 0 Å². The monoisotopic (exact) mass is 353 g/mol. The minimum atomic E-state index is -1.12. The molecule has 2 aromatic carbocycles. The van der Waals surface area contributed by atoms with Crippen molar-refractivity contribution in [2.45, 2.75) is 16.5 Å². The van der Waals surface area contributed by atoms with Crippen LogP contribution in [0, 0.1) is 4.91 Å². The van der Waals surface area contributed by atoms with E-state index in [1.54, 1.807) is 24.9 Å². The molecule has 128 valence electrons. The summed E-state index contributed by atoms with van der Waals surface area (Å²) in [6.45, 7) is 0. The Morgan fingerprint density at radius 2 is 1.92 bits per heavy atom. The number of benzene rings is 2. The van der Waals surface area contributed by atoms with E-state index in [1.807, 2.05) is 54.8 Å². The second kappa shape index (κ2) is 7.21. The van der Waals surface area contributed by atoms with Gasteiger partial charge in [0.25, 0.3) is 0 Å². The summed E-state index contributed by atoms with van der Waals surface area (Å²) in [7, 11) is 1.58. The molecule has 0 amide bonds. The summed E-state index contributed by atoms with van der Waals surface area (Å²) in [4.78, 5) is 16.9. The molecule has 1 aliphatic rings. The molecular formula is C19H19N3O2S. The highest BCUT2D eigenvalue weighted by Gasteiger charge is 2.40. The average Bonchev–Trinajstić information content (AvgIpc) is 2.68. The van der Waals surface area contributed by atoms with Crippen LogP contribution in [0.25, 0.3) is 5.70 Å². The molecule has 0 bridgehead atoms. The highest BCUT2D eigenvalue weighted by atomic mass is 32.2. The fourth-order valence-electron chi connectivity index (χ4n) is 2.90. The first-order valence-electron chi connectivity index (χ1n) is 7.78. The third-order valence-electron chi connectivity index (χ3n) is 4.29. The van der Waals surface area contributed by atoms with Crippen molar-refractivity contribution >= 4 is 23.7 Å². The third-order valence-corrected chi connectivity index (χ3v) is 5.04. The average molecular weight is 353 g/mol. The first-order chi connectivity index (χ1) is 12.1. The summed E-state index contributed by atoms with van der Waals surface area (Å²) in [6, 6.07) is 14.6. The molecule has 5 nitrogen and oxygen atoms in total. The second-order valence-electron chi connectivity index (χ2n) is 5.72. The lowest BCUT2D eigenvalue weighted by Crippen LogP contribution is -2.47. The molecule has 2 unspecified atom stereocenters. The van der Waals surface area contributed by atoms with Gasteiger partial charge in [0, 0.05) is 16.7 Å². The van der Waals surface area contributed by atoms with Crippen molar-refractivity contribution < 1.29 is 4.74 Å². The van der Waals surface area contributed by atoms with Crippen LogP contribution in [0.2, 0.25) is 0 Å². The predicted molar refractivity (Wildman–Crippen MR) is 103 cm³/mol. The number of thioether (sulfide) groups is 1. The fourth-order valence-corrected chi connectivity index (χ4v) is 3.30. The lowest BCUT2D eigenvalue weighted by atomic mass is 9.81. The number of nitrogens with zero attached hydrogens (tertiary/aromatic N) is 2. The Morgan fingerprint density at radius 1 is 1.20 bits per heavy atom. The molecule has 0 aromatic heterocycles. The summed E-state index contributed by atoms with van der Waals surface area (Å²) in [5, 5.41) is 3.18. The number of aliphatic imine (C=N–C) groups is 1. The Labute approximate surface area is 151 Å². The molecule has 0 fully saturated rings. The van der Waals surface area contributed by atoms with Crippen molar-refractivity contribution in [1.29, 1.82) is 0 Å². The molecule has 0 radical (unpaired) electrons. The van der Waals surface area contributed by atoms with Gasteiger partial charge < -0.3 is 10.5 Å². The Kier molecular flexibility index (Phi) is 5.01. The van der Waals surface area contributed by atoms with Crippen molar-refractivity contribution in [2.24, 2.45) is 15.9 Å². The lowest BCUT2D eigenvalue weighted by Gasteiger charge is -2.33. The quantitative estimate of drug-likeness (QED) is 0.654. The number of ether oxygens (including phenoxy) is 1. The van der Waals surface area contributed by atoms with Crippen molar-refractivity contribution in [1.82, 2.24) is 0 Å². The number of nitroso groups, excluding NO2 is 1. The molecule has 0 spiro atoms. The van der Waals surface area contributed by atoms with Gasteiger partial charge in [-0.25, -0.2) is 0 Å². The third kappa shape index (κ3) is 3.23. The number of nitrogens with two attached hydrogens (primary N) is 1. The molecule has 3 rings (SSSR count). The lowest BCUT2D eigenvalue weighted by molar-refractivity contribution is 0.392. The van der Waals surface area contributed by atoms with Crippen LogP contribution >= 0.6 is 11.8 Å². The highest BCUT2D eigenvalue weighted by Crippen LogP contribution is 2.37. The number of hydrogen-bond donors (Lipinski definition) is 1. The molecule has 0 saturated carbocycles. The van der Waals surface area contributed by atoms with Crippen LogP contribution < -0.4 is 10.5 Å². The predicted octanol–water partition coefficient (Wildman–Crippen LogP) is 3.83. The van der Waals surface area contributed by atoms with Crippen LogP contribution in [-0.2, 0) is 5.54 Å². The SMILES string of the molecule is COc1ccccc1C1(N)C=C(c2ccc(SC)cc2)N=CC1N=O. The molecule has 2 N–H and O–H groups in total. The normalized spacial score (nSPS) is 22.4. The number of rotatable bonds is 5. The summed E-state index contributed by atoms with van der Waals surface area (Å²) in [5.41, 5.74) is 7.87. The largest absolute Gasteiger partial charge is 0.496 e. The maximum Gasteiger partial charge on any atom is 0.153 e. The number of methoxy groups -OCH3 is 1. The zero-order chi connectivity index (χ0) is 17.9. The molecule has 25 heavy (non-hydrogen) atoms. The summed E-state index contributed by atoms with van der Waals surface area (Å²) < 4.78 is 5.43. The highest BCUT2D eigenvalue weighted by molar-refractivity contribution is 7.98. The molecule has 0 aliphatic carbocycles. The van der Waals surface area contributed by atoms with Gasteiger partial charge in [-0.15, -0.1) is 11.8 Å². The van der Waals surface area contributed by atoms with Gasteiger partial charge in [0.05, 0.1) is 18.3 Å². The van der Waals surface area contributed by atoms with Crippen molar-refractivity contribution in [2.75, 3.05) is 13.4 Å². The zero-order valence-corrected chi connectivity index (χ0v) is 14.9. The molecule has 2 atom stereocenters. The van der Waals surface area contributed by atoms with Gasteiger partial charge in [0.2, 0.25) is 0 Å². The fraction of sp³-hybridized carbons (Fsp3) is 0.211. The van der Waals surface area contributed by atoms with E-state index in [1.165, 1.54) is 11.1 Å². The molecule has 1 heterocycles. The van der Waals surface area contributed by atoms with Crippen LogP contribution in [0.5, 0.6) is 5.75 Å². The van der Waals surface area contributed by atoms with Crippen molar-refractivity contribution in [3.8, 4) is 5.75 Å². The second-order valence-corrected chi connectivity index (χ2v) is 6.60. The van der Waals surface area contributed by atoms with E-state index < -0.39 is 11.6 Å². The van der Waals surface area contributed by atoms with Gasteiger partial charge >= 0.3 is 0 Å². The Balaban J connectivity index is 2.10. The van der Waals surface area contributed by atoms with Crippen LogP contribution in [0.15, 0.2) is 69.7 Å². The van der Waals surface area contributed by atoms with E-state index in [9.17, 15) is 4.91 Å². The van der Waals surface area contributed by atoms with Gasteiger partial charge in [-0.2, -0.15) is 4.91 Å². The first-order valence-corrected chi connectivity index (χ1v) is 9.01. The minimum Gasteiger partial charge on any atom is -0.496 e. The van der Waals surface area contributed by atoms with E-state index in [-0.39, 0.29) is 0 Å². The zero-order valence-electron chi connectivity index (χ0n) is 14.0. The maximum atomic E-state index is 11.4. The van der Waals surface area contributed by atoms with Gasteiger partial charge in [0.1, 0.15) is 5.75 Å². The first kappa shape index (κ1) is 17.4. The number of para-hydroxylation sites is 1. The molecule has 1 aliphatic heterocycles.